The van der Waals surface area contributed by atoms with Crippen LogP contribution in [-0.4, -0.2) is 65.4 Å². The summed E-state index contributed by atoms with van der Waals surface area (Å²) in [5.41, 5.74) is 13.2. The fourth-order valence-electron chi connectivity index (χ4n) is 8.19. The number of hydrogen-bond acceptors (Lipinski definition) is 7. The van der Waals surface area contributed by atoms with Gasteiger partial charge in [-0.15, -0.1) is 0 Å². The molecule has 9 heteroatoms. The molecule has 6 unspecified atom stereocenters. The zero-order valence-corrected chi connectivity index (χ0v) is 21.0. The third-order valence-electron chi connectivity index (χ3n) is 9.45. The number of nitrogens with two attached hydrogens (primary N) is 2. The van der Waals surface area contributed by atoms with Gasteiger partial charge in [0.05, 0.1) is 12.1 Å². The summed E-state index contributed by atoms with van der Waals surface area (Å²) in [5, 5.41) is 9.64. The number of ether oxygens (including phenoxy) is 1. The summed E-state index contributed by atoms with van der Waals surface area (Å²) in [5.74, 6) is 0.0602. The van der Waals surface area contributed by atoms with Gasteiger partial charge in [0.2, 0.25) is 11.8 Å². The molecule has 4 saturated carbocycles. The third kappa shape index (κ3) is 3.95. The van der Waals surface area contributed by atoms with Crippen molar-refractivity contribution in [1.82, 2.24) is 9.80 Å². The molecule has 0 aromatic rings. The van der Waals surface area contributed by atoms with Crippen LogP contribution < -0.4 is 11.5 Å². The quantitative estimate of drug-likeness (QED) is 0.497. The van der Waals surface area contributed by atoms with Crippen LogP contribution in [-0.2, 0) is 19.1 Å². The van der Waals surface area contributed by atoms with E-state index in [2.05, 4.69) is 6.07 Å². The fourth-order valence-corrected chi connectivity index (χ4v) is 8.19. The van der Waals surface area contributed by atoms with Gasteiger partial charge in [-0.25, -0.2) is 0 Å². The van der Waals surface area contributed by atoms with Crippen molar-refractivity contribution >= 4 is 17.8 Å². The van der Waals surface area contributed by atoms with Crippen molar-refractivity contribution in [2.75, 3.05) is 14.1 Å². The lowest BCUT2D eigenvalue weighted by atomic mass is 9.46. The zero-order valence-electron chi connectivity index (χ0n) is 21.0. The first-order chi connectivity index (χ1) is 16.5. The second kappa shape index (κ2) is 8.31. The van der Waals surface area contributed by atoms with Crippen LogP contribution in [0.1, 0.15) is 64.7 Å². The van der Waals surface area contributed by atoms with E-state index in [0.29, 0.717) is 31.1 Å². The summed E-state index contributed by atoms with van der Waals surface area (Å²) in [7, 11) is 3.60. The highest BCUT2D eigenvalue weighted by atomic mass is 16.6. The molecule has 6 atom stereocenters. The van der Waals surface area contributed by atoms with Crippen molar-refractivity contribution < 1.29 is 19.1 Å². The maximum Gasteiger partial charge on any atom is 0.323 e. The molecule has 190 valence electrons. The van der Waals surface area contributed by atoms with Crippen LogP contribution >= 0.6 is 0 Å². The first-order valence-corrected chi connectivity index (χ1v) is 12.9. The lowest BCUT2D eigenvalue weighted by Gasteiger charge is -2.62. The highest BCUT2D eigenvalue weighted by molar-refractivity contribution is 5.87. The molecule has 1 heterocycles. The van der Waals surface area contributed by atoms with Crippen LogP contribution in [0.4, 0.5) is 0 Å². The number of carbonyl (C=O) groups is 3. The van der Waals surface area contributed by atoms with Crippen molar-refractivity contribution in [1.29, 1.82) is 5.26 Å². The van der Waals surface area contributed by atoms with Gasteiger partial charge in [0.25, 0.3) is 0 Å². The highest BCUT2D eigenvalue weighted by Gasteiger charge is 2.64. The van der Waals surface area contributed by atoms with E-state index in [4.69, 9.17) is 16.2 Å². The van der Waals surface area contributed by atoms with E-state index in [1.54, 1.807) is 23.9 Å². The Morgan fingerprint density at radius 1 is 1.20 bits per heavy atom. The molecule has 0 aromatic heterocycles. The van der Waals surface area contributed by atoms with E-state index in [-0.39, 0.29) is 24.2 Å². The second-order valence-electron chi connectivity index (χ2n) is 12.1. The molecule has 0 spiro atoms. The zero-order chi connectivity index (χ0) is 25.3. The first-order valence-electron chi connectivity index (χ1n) is 12.9. The number of primary amides is 1. The molecule has 5 fully saturated rings. The summed E-state index contributed by atoms with van der Waals surface area (Å²) < 4.78 is 6.30. The molecule has 0 aromatic carbocycles. The van der Waals surface area contributed by atoms with Gasteiger partial charge in [-0.3, -0.25) is 24.2 Å². The molecule has 4 bridgehead atoms. The van der Waals surface area contributed by atoms with E-state index < -0.39 is 35.0 Å². The predicted octanol–water partition coefficient (Wildman–Crippen LogP) is 1.42. The molecular formula is C26H37N5O4. The number of likely N-dealkylation sites (N-methyl/N-ethyl adjacent to an activating group) is 1. The van der Waals surface area contributed by atoms with Crippen LogP contribution in [0.3, 0.4) is 0 Å². The van der Waals surface area contributed by atoms with E-state index in [1.807, 2.05) is 6.92 Å². The Labute approximate surface area is 206 Å². The molecule has 0 radical (unpaired) electrons. The van der Waals surface area contributed by atoms with Crippen molar-refractivity contribution in [3.63, 3.8) is 0 Å². The molecule has 2 amide bonds. The molecule has 1 aliphatic heterocycles. The Kier molecular flexibility index (Phi) is 5.76. The average molecular weight is 484 g/mol. The van der Waals surface area contributed by atoms with Crippen molar-refractivity contribution in [3.05, 3.63) is 11.3 Å². The van der Waals surface area contributed by atoms with Crippen LogP contribution in [0, 0.1) is 34.5 Å². The maximum atomic E-state index is 13.7. The first kappa shape index (κ1) is 24.3. The van der Waals surface area contributed by atoms with Crippen molar-refractivity contribution in [3.8, 4) is 6.07 Å². The van der Waals surface area contributed by atoms with Gasteiger partial charge in [-0.05, 0) is 95.2 Å². The Hall–Kier alpha value is -2.44. The van der Waals surface area contributed by atoms with Gasteiger partial charge in [-0.2, -0.15) is 5.26 Å². The Bertz CT molecular complexity index is 1020. The van der Waals surface area contributed by atoms with Gasteiger partial charge >= 0.3 is 5.97 Å². The van der Waals surface area contributed by atoms with E-state index in [1.165, 1.54) is 5.57 Å². The predicted molar refractivity (Wildman–Crippen MR) is 127 cm³/mol. The summed E-state index contributed by atoms with van der Waals surface area (Å²) in [6, 6.07) is 0.577. The second-order valence-corrected chi connectivity index (χ2v) is 12.1. The number of esters is 1. The van der Waals surface area contributed by atoms with Gasteiger partial charge in [0.15, 0.2) is 0 Å². The van der Waals surface area contributed by atoms with E-state index >= 15 is 0 Å². The lowest BCUT2D eigenvalue weighted by molar-refractivity contribution is -0.209. The van der Waals surface area contributed by atoms with Gasteiger partial charge < -0.3 is 16.2 Å². The summed E-state index contributed by atoms with van der Waals surface area (Å²) in [4.78, 5) is 41.8. The molecule has 35 heavy (non-hydrogen) atoms. The molecule has 6 aliphatic rings. The number of amides is 2. The van der Waals surface area contributed by atoms with Crippen LogP contribution in [0.15, 0.2) is 11.3 Å². The lowest BCUT2D eigenvalue weighted by Crippen LogP contribution is -2.65. The van der Waals surface area contributed by atoms with Crippen LogP contribution in [0.5, 0.6) is 0 Å². The number of fused-ring (bicyclic) bond motifs is 1. The van der Waals surface area contributed by atoms with Crippen LogP contribution in [0.2, 0.25) is 0 Å². The normalized spacial score (nSPS) is 38.2. The molecular weight excluding hydrogens is 446 g/mol. The highest BCUT2D eigenvalue weighted by Crippen LogP contribution is 2.64. The topological polar surface area (TPSA) is 143 Å². The standard InChI is InChI=1S/C26H37N5O4/c1-14-18-7-17(12-27)31(21(14)18)23(33)22(29)25-8-15-6-16(9-25)11-26(10-15,13-25)35-24(34)19(30(2)3)4-5-20(28)32/h15-19,22H,4-11,13,29H2,1-3H3,(H2,28,32). The van der Waals surface area contributed by atoms with Crippen molar-refractivity contribution in [2.45, 2.75) is 88.4 Å². The number of hydrogen-bond donors (Lipinski definition) is 2. The largest absolute Gasteiger partial charge is 0.458 e. The summed E-state index contributed by atoms with van der Waals surface area (Å²) >= 11 is 0. The van der Waals surface area contributed by atoms with Gasteiger partial charge in [-0.1, -0.05) is 0 Å². The summed E-state index contributed by atoms with van der Waals surface area (Å²) in [6.45, 7) is 2.03. The Morgan fingerprint density at radius 3 is 2.43 bits per heavy atom. The van der Waals surface area contributed by atoms with Gasteiger partial charge in [0, 0.05) is 18.0 Å². The Morgan fingerprint density at radius 2 is 1.86 bits per heavy atom. The third-order valence-corrected chi connectivity index (χ3v) is 9.45. The number of rotatable bonds is 8. The molecule has 5 aliphatic carbocycles. The number of nitriles is 1. The monoisotopic (exact) mass is 483 g/mol. The number of allylic oxidation sites excluding steroid dienone is 2. The Balaban J connectivity index is 1.36. The minimum Gasteiger partial charge on any atom is -0.458 e. The number of carbonyl (C=O) groups excluding carboxylic acids is 3. The number of likely N-dealkylation sites (tertiary alicyclic amines) is 1. The van der Waals surface area contributed by atoms with E-state index in [9.17, 15) is 19.6 Å². The smallest absolute Gasteiger partial charge is 0.323 e. The van der Waals surface area contributed by atoms with Crippen molar-refractivity contribution in [2.24, 2.45) is 34.6 Å². The van der Waals surface area contributed by atoms with E-state index in [0.717, 1.165) is 37.8 Å². The minimum absolute atomic E-state index is 0.117. The molecule has 6 rings (SSSR count). The number of nitrogens with zero attached hydrogens (tertiary/aromatic N) is 3. The van der Waals surface area contributed by atoms with Crippen LogP contribution in [0.25, 0.3) is 0 Å². The SMILES string of the molecule is CC1=C2C1CC(C#N)N2C(=O)C(N)C12CC3CC(CC(OC(=O)C(CCC(N)=O)N(C)C)(C3)C1)C2. The average Bonchev–Trinajstić information content (AvgIpc) is 3.21. The fraction of sp³-hybridized carbons (Fsp3) is 0.769. The maximum absolute atomic E-state index is 13.7. The molecule has 1 saturated heterocycles. The van der Waals surface area contributed by atoms with Gasteiger partial charge in [0.1, 0.15) is 17.7 Å². The minimum atomic E-state index is -0.721. The molecule has 9 nitrogen and oxygen atoms in total. The summed E-state index contributed by atoms with van der Waals surface area (Å²) in [6.07, 6.45) is 6.08. The molecule has 4 N–H and O–H groups in total.